The van der Waals surface area contributed by atoms with E-state index < -0.39 is 6.03 Å². The van der Waals surface area contributed by atoms with Gasteiger partial charge in [0.05, 0.1) is 6.54 Å². The summed E-state index contributed by atoms with van der Waals surface area (Å²) in [6.45, 7) is 2.87. The Morgan fingerprint density at radius 3 is 2.93 bits per heavy atom. The van der Waals surface area contributed by atoms with E-state index in [-0.39, 0.29) is 5.95 Å². The van der Waals surface area contributed by atoms with Gasteiger partial charge in [-0.1, -0.05) is 31.3 Å². The fourth-order valence-corrected chi connectivity index (χ4v) is 1.18. The van der Waals surface area contributed by atoms with Gasteiger partial charge in [0.2, 0.25) is 0 Å². The minimum atomic E-state index is -0.680. The number of primary amides is 1. The first kappa shape index (κ1) is 11.4. The van der Waals surface area contributed by atoms with Crippen molar-refractivity contribution >= 4 is 12.0 Å². The lowest BCUT2D eigenvalue weighted by molar-refractivity contribution is 0.259. The largest absolute Gasteiger partial charge is 0.351 e. The highest BCUT2D eigenvalue weighted by Gasteiger charge is 2.03. The molecule has 7 heteroatoms. The van der Waals surface area contributed by atoms with Crippen LogP contribution in [0.15, 0.2) is 0 Å². The van der Waals surface area contributed by atoms with Gasteiger partial charge in [-0.25, -0.2) is 4.79 Å². The van der Waals surface area contributed by atoms with Crippen LogP contribution in [-0.4, -0.2) is 26.2 Å². The number of nitrogens with zero attached hydrogens (tertiary/aromatic N) is 4. The maximum Gasteiger partial charge on any atom is 0.319 e. The topological polar surface area (TPSA) is 98.7 Å². The quantitative estimate of drug-likeness (QED) is 0.679. The number of aromatic nitrogens is 4. The van der Waals surface area contributed by atoms with Gasteiger partial charge < -0.3 is 5.73 Å². The van der Waals surface area contributed by atoms with Gasteiger partial charge in [-0.05, 0) is 11.6 Å². The molecule has 0 aliphatic rings. The van der Waals surface area contributed by atoms with Crippen LogP contribution >= 0.6 is 0 Å². The van der Waals surface area contributed by atoms with Crippen molar-refractivity contribution in [2.45, 2.75) is 39.2 Å². The number of hydrogen-bond donors (Lipinski definition) is 2. The second-order valence-corrected chi connectivity index (χ2v) is 3.26. The van der Waals surface area contributed by atoms with Gasteiger partial charge in [-0.3, -0.25) is 5.32 Å². The maximum atomic E-state index is 10.5. The van der Waals surface area contributed by atoms with Gasteiger partial charge in [0.15, 0.2) is 0 Å². The van der Waals surface area contributed by atoms with E-state index >= 15 is 0 Å². The van der Waals surface area contributed by atoms with E-state index in [1.165, 1.54) is 17.6 Å². The highest BCUT2D eigenvalue weighted by atomic mass is 16.2. The zero-order valence-electron chi connectivity index (χ0n) is 8.81. The Labute approximate surface area is 88.0 Å². The van der Waals surface area contributed by atoms with Crippen LogP contribution < -0.4 is 11.1 Å². The average Bonchev–Trinajstić information content (AvgIpc) is 2.59. The van der Waals surface area contributed by atoms with Crippen molar-refractivity contribution in [1.82, 2.24) is 20.2 Å². The number of anilines is 1. The molecule has 0 aliphatic heterocycles. The van der Waals surface area contributed by atoms with Crippen LogP contribution in [-0.2, 0) is 6.54 Å². The number of carbonyl (C=O) groups excluding carboxylic acids is 1. The molecule has 2 amide bonds. The molecule has 1 aromatic rings. The van der Waals surface area contributed by atoms with Gasteiger partial charge in [0.1, 0.15) is 0 Å². The molecule has 0 saturated heterocycles. The minimum Gasteiger partial charge on any atom is -0.351 e. The Bertz CT molecular complexity index is 310. The predicted molar refractivity (Wildman–Crippen MR) is 55.2 cm³/mol. The van der Waals surface area contributed by atoms with Crippen LogP contribution in [0.1, 0.15) is 32.6 Å². The molecule has 0 saturated carbocycles. The third kappa shape index (κ3) is 4.39. The Balaban J connectivity index is 2.29. The fourth-order valence-electron chi connectivity index (χ4n) is 1.18. The third-order valence-corrected chi connectivity index (χ3v) is 1.90. The average molecular weight is 212 g/mol. The summed E-state index contributed by atoms with van der Waals surface area (Å²) in [5.74, 6) is 0.151. The van der Waals surface area contributed by atoms with Crippen molar-refractivity contribution < 1.29 is 4.79 Å². The van der Waals surface area contributed by atoms with Gasteiger partial charge >= 0.3 is 6.03 Å². The maximum absolute atomic E-state index is 10.5. The normalized spacial score (nSPS) is 10.2. The first-order valence-corrected chi connectivity index (χ1v) is 5.06. The van der Waals surface area contributed by atoms with Crippen LogP contribution in [0.5, 0.6) is 0 Å². The van der Waals surface area contributed by atoms with Crippen LogP contribution in [0.4, 0.5) is 10.7 Å². The molecule has 0 radical (unpaired) electrons. The lowest BCUT2D eigenvalue weighted by Gasteiger charge is -1.97. The van der Waals surface area contributed by atoms with Crippen molar-refractivity contribution in [2.24, 2.45) is 5.73 Å². The van der Waals surface area contributed by atoms with E-state index in [0.717, 1.165) is 12.8 Å². The van der Waals surface area contributed by atoms with Gasteiger partial charge in [0, 0.05) is 0 Å². The molecule has 7 nitrogen and oxygen atoms in total. The molecule has 0 atom stereocenters. The zero-order chi connectivity index (χ0) is 11.1. The summed E-state index contributed by atoms with van der Waals surface area (Å²) >= 11 is 0. The zero-order valence-corrected chi connectivity index (χ0v) is 8.81. The van der Waals surface area contributed by atoms with Crippen LogP contribution in [0.25, 0.3) is 0 Å². The molecule has 1 rings (SSSR count). The van der Waals surface area contributed by atoms with Crippen molar-refractivity contribution in [1.29, 1.82) is 0 Å². The van der Waals surface area contributed by atoms with Crippen molar-refractivity contribution in [2.75, 3.05) is 5.32 Å². The fraction of sp³-hybridized carbons (Fsp3) is 0.750. The number of tetrazole rings is 1. The van der Waals surface area contributed by atoms with Crippen LogP contribution in [0.3, 0.4) is 0 Å². The number of nitrogens with one attached hydrogen (secondary N) is 1. The second kappa shape index (κ2) is 5.94. The number of hydrogen-bond acceptors (Lipinski definition) is 4. The molecule has 0 fully saturated rings. The van der Waals surface area contributed by atoms with E-state index in [4.69, 9.17) is 5.73 Å². The summed E-state index contributed by atoms with van der Waals surface area (Å²) in [4.78, 5) is 11.9. The van der Waals surface area contributed by atoms with E-state index in [2.05, 4.69) is 27.7 Å². The van der Waals surface area contributed by atoms with Crippen LogP contribution in [0.2, 0.25) is 0 Å². The number of nitrogens with two attached hydrogens (primary N) is 1. The number of unbranched alkanes of at least 4 members (excludes halogenated alkanes) is 3. The molecule has 3 N–H and O–H groups in total. The smallest absolute Gasteiger partial charge is 0.319 e. The second-order valence-electron chi connectivity index (χ2n) is 3.26. The molecule has 1 heterocycles. The standard InChI is InChI=1S/C8H16N6O/c1-2-3-4-5-6-14-12-8(11-13-14)10-7(9)15/h2-6H2,1H3,(H3,9,10,12,15). The summed E-state index contributed by atoms with van der Waals surface area (Å²) in [6.07, 6.45) is 4.57. The number of urea groups is 1. The first-order valence-electron chi connectivity index (χ1n) is 5.06. The molecule has 0 unspecified atom stereocenters. The lowest BCUT2D eigenvalue weighted by atomic mass is 10.2. The Morgan fingerprint density at radius 1 is 1.47 bits per heavy atom. The highest BCUT2D eigenvalue weighted by Crippen LogP contribution is 2.01. The summed E-state index contributed by atoms with van der Waals surface area (Å²) in [7, 11) is 0. The first-order chi connectivity index (χ1) is 7.22. The minimum absolute atomic E-state index is 0.151. The molecule has 0 aromatic carbocycles. The van der Waals surface area contributed by atoms with Crippen LogP contribution in [0, 0.1) is 0 Å². The number of aryl methyl sites for hydroxylation is 1. The molecular formula is C8H16N6O. The lowest BCUT2D eigenvalue weighted by Crippen LogP contribution is -2.20. The molecular weight excluding hydrogens is 196 g/mol. The Kier molecular flexibility index (Phi) is 4.52. The monoisotopic (exact) mass is 212 g/mol. The summed E-state index contributed by atoms with van der Waals surface area (Å²) in [6, 6.07) is -0.680. The van der Waals surface area contributed by atoms with Gasteiger partial charge in [0.25, 0.3) is 5.95 Å². The SMILES string of the molecule is CCCCCCn1nnc(NC(N)=O)n1. The summed E-state index contributed by atoms with van der Waals surface area (Å²) < 4.78 is 0. The molecule has 84 valence electrons. The Hall–Kier alpha value is -1.66. The van der Waals surface area contributed by atoms with E-state index in [1.54, 1.807) is 0 Å². The molecule has 0 bridgehead atoms. The highest BCUT2D eigenvalue weighted by molar-refractivity contribution is 5.85. The number of carbonyl (C=O) groups is 1. The summed E-state index contributed by atoms with van der Waals surface area (Å²) in [5.41, 5.74) is 4.91. The third-order valence-electron chi connectivity index (χ3n) is 1.90. The molecule has 0 spiro atoms. The van der Waals surface area contributed by atoms with Crippen molar-refractivity contribution in [3.8, 4) is 0 Å². The van der Waals surface area contributed by atoms with Gasteiger partial charge in [-0.15, -0.1) is 5.10 Å². The number of amides is 2. The predicted octanol–water partition coefficient (Wildman–Crippen LogP) is 0.744. The van der Waals surface area contributed by atoms with E-state index in [0.29, 0.717) is 6.54 Å². The Morgan fingerprint density at radius 2 is 2.27 bits per heavy atom. The van der Waals surface area contributed by atoms with Crippen molar-refractivity contribution in [3.05, 3.63) is 0 Å². The van der Waals surface area contributed by atoms with E-state index in [9.17, 15) is 4.79 Å². The molecule has 15 heavy (non-hydrogen) atoms. The van der Waals surface area contributed by atoms with Crippen molar-refractivity contribution in [3.63, 3.8) is 0 Å². The van der Waals surface area contributed by atoms with E-state index in [1.807, 2.05) is 0 Å². The summed E-state index contributed by atoms with van der Waals surface area (Å²) in [5, 5.41) is 13.6. The molecule has 1 aromatic heterocycles. The number of rotatable bonds is 6. The molecule has 0 aliphatic carbocycles. The van der Waals surface area contributed by atoms with Gasteiger partial charge in [-0.2, -0.15) is 4.80 Å².